The Morgan fingerprint density at radius 3 is 2.67 bits per heavy atom. The number of fused-ring (bicyclic) bond motifs is 1. The third kappa shape index (κ3) is 3.39. The summed E-state index contributed by atoms with van der Waals surface area (Å²) in [6, 6.07) is 16.0. The Balaban J connectivity index is 1.71. The van der Waals surface area contributed by atoms with E-state index in [4.69, 9.17) is 0 Å². The highest BCUT2D eigenvalue weighted by Crippen LogP contribution is 2.15. The van der Waals surface area contributed by atoms with E-state index in [1.165, 1.54) is 19.1 Å². The second kappa shape index (κ2) is 6.59. The van der Waals surface area contributed by atoms with E-state index >= 15 is 0 Å². The number of Topliss-reactive ketones (excluding diaryl/α,β-unsaturated/α-hetero) is 1. The quantitative estimate of drug-likeness (QED) is 0.701. The standard InChI is InChI=1S/C18H18N2O3S/c1-14(21)16-6-4-7-17(13-16)24(22,23)19-10-12-20-11-9-15-5-2-3-8-18(15)20/h2-9,11,13,19H,10,12H2,1H3. The first-order valence-corrected chi connectivity index (χ1v) is 9.10. The fourth-order valence-corrected chi connectivity index (χ4v) is 3.67. The molecule has 5 nitrogen and oxygen atoms in total. The van der Waals surface area contributed by atoms with E-state index in [0.29, 0.717) is 12.1 Å². The van der Waals surface area contributed by atoms with Gasteiger partial charge in [0.25, 0.3) is 0 Å². The zero-order valence-corrected chi connectivity index (χ0v) is 14.1. The first-order valence-electron chi connectivity index (χ1n) is 7.62. The molecule has 0 unspecified atom stereocenters. The summed E-state index contributed by atoms with van der Waals surface area (Å²) in [7, 11) is -3.64. The number of sulfonamides is 1. The third-order valence-electron chi connectivity index (χ3n) is 3.88. The van der Waals surface area contributed by atoms with Gasteiger partial charge in [0.1, 0.15) is 0 Å². The van der Waals surface area contributed by atoms with Crippen LogP contribution in [0.5, 0.6) is 0 Å². The second-order valence-corrected chi connectivity index (χ2v) is 7.32. The lowest BCUT2D eigenvalue weighted by Crippen LogP contribution is -2.27. The van der Waals surface area contributed by atoms with E-state index in [9.17, 15) is 13.2 Å². The molecule has 0 bridgehead atoms. The molecule has 0 amide bonds. The van der Waals surface area contributed by atoms with Gasteiger partial charge in [0.15, 0.2) is 5.78 Å². The van der Waals surface area contributed by atoms with Crippen LogP contribution >= 0.6 is 0 Å². The first-order chi connectivity index (χ1) is 11.5. The molecule has 0 spiro atoms. The Kier molecular flexibility index (Phi) is 4.51. The summed E-state index contributed by atoms with van der Waals surface area (Å²) in [5.41, 5.74) is 1.45. The van der Waals surface area contributed by atoms with Crippen molar-refractivity contribution < 1.29 is 13.2 Å². The summed E-state index contributed by atoms with van der Waals surface area (Å²) < 4.78 is 29.3. The molecular weight excluding hydrogens is 324 g/mol. The van der Waals surface area contributed by atoms with Crippen LogP contribution in [0.15, 0.2) is 65.7 Å². The van der Waals surface area contributed by atoms with Crippen LogP contribution in [-0.2, 0) is 16.6 Å². The number of aromatic nitrogens is 1. The van der Waals surface area contributed by atoms with Gasteiger partial charge in [-0.05, 0) is 36.6 Å². The van der Waals surface area contributed by atoms with Crippen molar-refractivity contribution in [1.82, 2.24) is 9.29 Å². The minimum atomic E-state index is -3.64. The Labute approximate surface area is 141 Å². The number of carbonyl (C=O) groups excluding carboxylic acids is 1. The predicted octanol–water partition coefficient (Wildman–Crippen LogP) is 2.82. The average Bonchev–Trinajstić information content (AvgIpc) is 2.98. The van der Waals surface area contributed by atoms with Crippen LogP contribution in [-0.4, -0.2) is 25.3 Å². The molecule has 24 heavy (non-hydrogen) atoms. The Morgan fingerprint density at radius 1 is 1.08 bits per heavy atom. The van der Waals surface area contributed by atoms with Crippen molar-refractivity contribution in [2.45, 2.75) is 18.4 Å². The van der Waals surface area contributed by atoms with Gasteiger partial charge >= 0.3 is 0 Å². The van der Waals surface area contributed by atoms with Gasteiger partial charge in [-0.1, -0.05) is 30.3 Å². The SMILES string of the molecule is CC(=O)c1cccc(S(=O)(=O)NCCn2ccc3ccccc32)c1. The van der Waals surface area contributed by atoms with E-state index in [2.05, 4.69) is 4.72 Å². The smallest absolute Gasteiger partial charge is 0.240 e. The molecule has 0 saturated carbocycles. The number of rotatable bonds is 6. The molecule has 3 rings (SSSR count). The molecule has 1 heterocycles. The van der Waals surface area contributed by atoms with Gasteiger partial charge in [0.2, 0.25) is 10.0 Å². The summed E-state index contributed by atoms with van der Waals surface area (Å²) in [5, 5.41) is 1.12. The molecule has 0 aliphatic carbocycles. The number of nitrogens with zero attached hydrogens (tertiary/aromatic N) is 1. The Hall–Kier alpha value is -2.44. The highest BCUT2D eigenvalue weighted by atomic mass is 32.2. The molecule has 1 N–H and O–H groups in total. The molecule has 2 aromatic carbocycles. The van der Waals surface area contributed by atoms with Crippen LogP contribution < -0.4 is 4.72 Å². The van der Waals surface area contributed by atoms with Crippen molar-refractivity contribution in [1.29, 1.82) is 0 Å². The number of nitrogens with one attached hydrogen (secondary N) is 1. The summed E-state index contributed by atoms with van der Waals surface area (Å²) in [5.74, 6) is -0.161. The highest BCUT2D eigenvalue weighted by molar-refractivity contribution is 7.89. The minimum Gasteiger partial charge on any atom is -0.346 e. The van der Waals surface area contributed by atoms with Crippen LogP contribution in [0.4, 0.5) is 0 Å². The monoisotopic (exact) mass is 342 g/mol. The fraction of sp³-hybridized carbons (Fsp3) is 0.167. The largest absolute Gasteiger partial charge is 0.346 e. The maximum atomic E-state index is 12.4. The van der Waals surface area contributed by atoms with Gasteiger partial charge < -0.3 is 4.57 Å². The van der Waals surface area contributed by atoms with E-state index in [-0.39, 0.29) is 17.2 Å². The van der Waals surface area contributed by atoms with Crippen molar-refractivity contribution in [3.63, 3.8) is 0 Å². The maximum Gasteiger partial charge on any atom is 0.240 e. The fourth-order valence-electron chi connectivity index (χ4n) is 2.60. The van der Waals surface area contributed by atoms with Gasteiger partial charge in [-0.15, -0.1) is 0 Å². The van der Waals surface area contributed by atoms with Crippen LogP contribution in [0.1, 0.15) is 17.3 Å². The van der Waals surface area contributed by atoms with Crippen LogP contribution in [0.3, 0.4) is 0 Å². The van der Waals surface area contributed by atoms with Gasteiger partial charge in [0, 0.05) is 30.4 Å². The number of benzene rings is 2. The normalized spacial score (nSPS) is 11.7. The Bertz CT molecular complexity index is 990. The molecule has 3 aromatic rings. The molecule has 0 aliphatic rings. The van der Waals surface area contributed by atoms with Crippen molar-refractivity contribution in [2.24, 2.45) is 0 Å². The van der Waals surface area contributed by atoms with Crippen molar-refractivity contribution >= 4 is 26.7 Å². The van der Waals surface area contributed by atoms with Gasteiger partial charge in [-0.2, -0.15) is 0 Å². The lowest BCUT2D eigenvalue weighted by atomic mass is 10.2. The first kappa shape index (κ1) is 16.4. The lowest BCUT2D eigenvalue weighted by molar-refractivity contribution is 0.101. The summed E-state index contributed by atoms with van der Waals surface area (Å²) >= 11 is 0. The number of para-hydroxylation sites is 1. The predicted molar refractivity (Wildman–Crippen MR) is 93.6 cm³/mol. The summed E-state index contributed by atoms with van der Waals surface area (Å²) in [6.07, 6.45) is 1.94. The molecule has 0 fully saturated rings. The molecule has 0 saturated heterocycles. The number of carbonyl (C=O) groups is 1. The maximum absolute atomic E-state index is 12.4. The minimum absolute atomic E-state index is 0.104. The van der Waals surface area contributed by atoms with E-state index < -0.39 is 10.0 Å². The zero-order valence-electron chi connectivity index (χ0n) is 13.3. The molecule has 124 valence electrons. The molecule has 0 atom stereocenters. The number of hydrogen-bond acceptors (Lipinski definition) is 3. The third-order valence-corrected chi connectivity index (χ3v) is 5.33. The molecule has 0 aliphatic heterocycles. The van der Waals surface area contributed by atoms with E-state index in [1.54, 1.807) is 12.1 Å². The molecule has 0 radical (unpaired) electrons. The summed E-state index contributed by atoms with van der Waals surface area (Å²) in [4.78, 5) is 11.5. The topological polar surface area (TPSA) is 68.2 Å². The molecule has 6 heteroatoms. The highest BCUT2D eigenvalue weighted by Gasteiger charge is 2.14. The lowest BCUT2D eigenvalue weighted by Gasteiger charge is -2.09. The van der Waals surface area contributed by atoms with Gasteiger partial charge in [-0.25, -0.2) is 13.1 Å². The molecule has 1 aromatic heterocycles. The number of ketones is 1. The molecular formula is C18H18N2O3S. The number of hydrogen-bond donors (Lipinski definition) is 1. The summed E-state index contributed by atoms with van der Waals surface area (Å²) in [6.45, 7) is 2.21. The van der Waals surface area contributed by atoms with Crippen LogP contribution in [0, 0.1) is 0 Å². The van der Waals surface area contributed by atoms with Crippen molar-refractivity contribution in [3.05, 3.63) is 66.4 Å². The Morgan fingerprint density at radius 2 is 1.88 bits per heavy atom. The van der Waals surface area contributed by atoms with E-state index in [1.807, 2.05) is 41.1 Å². The van der Waals surface area contributed by atoms with Crippen LogP contribution in [0.25, 0.3) is 10.9 Å². The van der Waals surface area contributed by atoms with E-state index in [0.717, 1.165) is 10.9 Å². The average molecular weight is 342 g/mol. The second-order valence-electron chi connectivity index (χ2n) is 5.55. The van der Waals surface area contributed by atoms with Crippen molar-refractivity contribution in [3.8, 4) is 0 Å². The van der Waals surface area contributed by atoms with Gasteiger partial charge in [0.05, 0.1) is 4.90 Å². The zero-order chi connectivity index (χ0) is 17.2. The van der Waals surface area contributed by atoms with Crippen LogP contribution in [0.2, 0.25) is 0 Å². The van der Waals surface area contributed by atoms with Crippen molar-refractivity contribution in [2.75, 3.05) is 6.54 Å². The van der Waals surface area contributed by atoms with Gasteiger partial charge in [-0.3, -0.25) is 4.79 Å².